The second-order valence-electron chi connectivity index (χ2n) is 8.55. The van der Waals surface area contributed by atoms with Gasteiger partial charge in [0.2, 0.25) is 0 Å². The van der Waals surface area contributed by atoms with E-state index < -0.39 is 12.6 Å². The van der Waals surface area contributed by atoms with Gasteiger partial charge in [0, 0.05) is 6.04 Å². The number of hydrogen-bond donors (Lipinski definition) is 1. The number of ether oxygens (including phenoxy) is 2. The number of amides is 1. The van der Waals surface area contributed by atoms with E-state index in [4.69, 9.17) is 19.6 Å². The molecule has 1 aliphatic carbocycles. The summed E-state index contributed by atoms with van der Waals surface area (Å²) in [5.41, 5.74) is 2.81. The molecule has 35 heavy (non-hydrogen) atoms. The highest BCUT2D eigenvalue weighted by atomic mass is 32.2. The summed E-state index contributed by atoms with van der Waals surface area (Å²) < 4.78 is 10.7. The van der Waals surface area contributed by atoms with Crippen LogP contribution >= 0.6 is 11.8 Å². The Morgan fingerprint density at radius 2 is 1.94 bits per heavy atom. The zero-order chi connectivity index (χ0) is 24.8. The van der Waals surface area contributed by atoms with Crippen molar-refractivity contribution in [1.82, 2.24) is 4.90 Å². The number of aryl methyl sites for hydroxylation is 1. The fourth-order valence-electron chi connectivity index (χ4n) is 4.43. The highest BCUT2D eigenvalue weighted by Gasteiger charge is 2.38. The molecule has 2 aromatic rings. The molecule has 2 aromatic carbocycles. The lowest BCUT2D eigenvalue weighted by Crippen LogP contribution is -2.40. The van der Waals surface area contributed by atoms with E-state index in [-0.39, 0.29) is 11.9 Å². The van der Waals surface area contributed by atoms with Crippen LogP contribution in [0.2, 0.25) is 0 Å². The van der Waals surface area contributed by atoms with Crippen molar-refractivity contribution in [3.63, 3.8) is 0 Å². The largest absolute Gasteiger partial charge is 0.493 e. The van der Waals surface area contributed by atoms with Gasteiger partial charge in [-0.1, -0.05) is 50.5 Å². The Labute approximate surface area is 209 Å². The molecule has 1 amide bonds. The van der Waals surface area contributed by atoms with Crippen LogP contribution < -0.4 is 9.47 Å². The Kier molecular flexibility index (Phi) is 8.13. The number of hydrogen-bond acceptors (Lipinski definition) is 6. The third-order valence-corrected chi connectivity index (χ3v) is 7.18. The van der Waals surface area contributed by atoms with E-state index in [1.165, 1.54) is 25.3 Å². The number of aliphatic carboxylic acids is 1. The molecule has 0 aromatic heterocycles. The average Bonchev–Trinajstić information content (AvgIpc) is 3.17. The monoisotopic (exact) mass is 494 g/mol. The van der Waals surface area contributed by atoms with Gasteiger partial charge in [0.05, 0.1) is 17.7 Å². The van der Waals surface area contributed by atoms with Crippen molar-refractivity contribution >= 4 is 40.6 Å². The maximum Gasteiger partial charge on any atom is 0.341 e. The van der Waals surface area contributed by atoms with E-state index in [1.54, 1.807) is 18.2 Å². The van der Waals surface area contributed by atoms with Crippen LogP contribution in [0.4, 0.5) is 5.69 Å². The van der Waals surface area contributed by atoms with Crippen molar-refractivity contribution in [1.29, 1.82) is 0 Å². The van der Waals surface area contributed by atoms with Gasteiger partial charge in [0.15, 0.2) is 23.3 Å². The predicted molar refractivity (Wildman–Crippen MR) is 138 cm³/mol. The second-order valence-corrected chi connectivity index (χ2v) is 9.56. The molecule has 1 saturated heterocycles. The number of carbonyl (C=O) groups excluding carboxylic acids is 1. The fraction of sp³-hybridized carbons (Fsp3) is 0.370. The van der Waals surface area contributed by atoms with Gasteiger partial charge in [-0.15, -0.1) is 0 Å². The number of para-hydroxylation sites is 1. The molecule has 0 radical (unpaired) electrons. The van der Waals surface area contributed by atoms with Gasteiger partial charge in [-0.05, 0) is 66.4 Å². The van der Waals surface area contributed by atoms with Gasteiger partial charge in [0.25, 0.3) is 5.91 Å². The molecule has 0 atom stereocenters. The molecular formula is C27H30N2O5S. The lowest BCUT2D eigenvalue weighted by Gasteiger charge is -2.30. The number of aliphatic imine (C=N–C) groups is 1. The van der Waals surface area contributed by atoms with Crippen molar-refractivity contribution in [2.45, 2.75) is 51.5 Å². The van der Waals surface area contributed by atoms with E-state index in [0.29, 0.717) is 16.4 Å². The average molecular weight is 495 g/mol. The summed E-state index contributed by atoms with van der Waals surface area (Å²) >= 11 is 1.40. The number of benzene rings is 2. The van der Waals surface area contributed by atoms with E-state index >= 15 is 0 Å². The SMILES string of the molecule is CCc1ccccc1N=C1S/C(=C/c2ccc(OCC(=O)O)c(OC)c2)C(=O)N1C1CCCCC1. The lowest BCUT2D eigenvalue weighted by molar-refractivity contribution is -0.139. The lowest BCUT2D eigenvalue weighted by atomic mass is 9.94. The number of nitrogens with zero attached hydrogens (tertiary/aromatic N) is 2. The predicted octanol–water partition coefficient (Wildman–Crippen LogP) is 5.66. The molecule has 1 aliphatic heterocycles. The van der Waals surface area contributed by atoms with Crippen molar-refractivity contribution < 1.29 is 24.2 Å². The number of amidine groups is 1. The molecule has 1 heterocycles. The molecule has 1 saturated carbocycles. The van der Waals surface area contributed by atoms with Crippen molar-refractivity contribution in [2.24, 2.45) is 4.99 Å². The first-order chi connectivity index (χ1) is 17.0. The van der Waals surface area contributed by atoms with Crippen molar-refractivity contribution in [2.75, 3.05) is 13.7 Å². The first-order valence-electron chi connectivity index (χ1n) is 11.9. The maximum absolute atomic E-state index is 13.6. The van der Waals surface area contributed by atoms with Gasteiger partial charge in [-0.25, -0.2) is 9.79 Å². The van der Waals surface area contributed by atoms with Gasteiger partial charge in [-0.3, -0.25) is 9.69 Å². The van der Waals surface area contributed by atoms with Crippen LogP contribution in [-0.4, -0.2) is 46.8 Å². The minimum absolute atomic E-state index is 0.0280. The summed E-state index contributed by atoms with van der Waals surface area (Å²) in [6, 6.07) is 13.4. The first kappa shape index (κ1) is 24.9. The van der Waals surface area contributed by atoms with Gasteiger partial charge < -0.3 is 14.6 Å². The van der Waals surface area contributed by atoms with Crippen LogP contribution in [0.1, 0.15) is 50.2 Å². The van der Waals surface area contributed by atoms with Crippen molar-refractivity contribution in [3.05, 3.63) is 58.5 Å². The number of carboxylic acids is 1. The Morgan fingerprint density at radius 3 is 2.66 bits per heavy atom. The number of carboxylic acid groups (broad SMARTS) is 1. The summed E-state index contributed by atoms with van der Waals surface area (Å²) in [5.74, 6) is -0.346. The minimum atomic E-state index is -1.06. The summed E-state index contributed by atoms with van der Waals surface area (Å²) in [7, 11) is 1.50. The summed E-state index contributed by atoms with van der Waals surface area (Å²) in [6.07, 6.45) is 8.11. The Bertz CT molecular complexity index is 1150. The molecule has 0 bridgehead atoms. The summed E-state index contributed by atoms with van der Waals surface area (Å²) in [6.45, 7) is 1.65. The topological polar surface area (TPSA) is 88.4 Å². The zero-order valence-electron chi connectivity index (χ0n) is 20.0. The molecule has 184 valence electrons. The smallest absolute Gasteiger partial charge is 0.341 e. The van der Waals surface area contributed by atoms with E-state index in [0.717, 1.165) is 54.1 Å². The van der Waals surface area contributed by atoms with E-state index in [2.05, 4.69) is 13.0 Å². The van der Waals surface area contributed by atoms with Crippen LogP contribution in [0, 0.1) is 0 Å². The summed E-state index contributed by atoms with van der Waals surface area (Å²) in [4.78, 5) is 31.9. The Balaban J connectivity index is 1.67. The summed E-state index contributed by atoms with van der Waals surface area (Å²) in [5, 5.41) is 9.60. The molecule has 1 N–H and O–H groups in total. The van der Waals surface area contributed by atoms with Gasteiger partial charge >= 0.3 is 5.97 Å². The maximum atomic E-state index is 13.6. The normalized spacial score (nSPS) is 18.9. The van der Waals surface area contributed by atoms with Gasteiger partial charge in [0.1, 0.15) is 0 Å². The highest BCUT2D eigenvalue weighted by molar-refractivity contribution is 8.18. The third kappa shape index (κ3) is 5.88. The standard InChI is InChI=1S/C27H30N2O5S/c1-3-19-9-7-8-12-21(19)28-27-29(20-10-5-4-6-11-20)26(32)24(35-27)16-18-13-14-22(23(15-18)33-2)34-17-25(30)31/h7-9,12-16,20H,3-6,10-11,17H2,1-2H3,(H,30,31)/b24-16+,28-27?. The third-order valence-electron chi connectivity index (χ3n) is 6.20. The molecule has 2 aliphatic rings. The molecule has 7 nitrogen and oxygen atoms in total. The highest BCUT2D eigenvalue weighted by Crippen LogP contribution is 2.39. The first-order valence-corrected chi connectivity index (χ1v) is 12.7. The van der Waals surface area contributed by atoms with E-state index in [1.807, 2.05) is 29.2 Å². The Morgan fingerprint density at radius 1 is 1.17 bits per heavy atom. The van der Waals surface area contributed by atoms with Crippen LogP contribution in [0.15, 0.2) is 52.4 Å². The molecule has 8 heteroatoms. The zero-order valence-corrected chi connectivity index (χ0v) is 20.8. The molecule has 0 spiro atoms. The molecule has 4 rings (SSSR count). The second kappa shape index (κ2) is 11.4. The minimum Gasteiger partial charge on any atom is -0.493 e. The quantitative estimate of drug-likeness (QED) is 0.477. The van der Waals surface area contributed by atoms with Gasteiger partial charge in [-0.2, -0.15) is 0 Å². The number of methoxy groups -OCH3 is 1. The van der Waals surface area contributed by atoms with Crippen LogP contribution in [0.5, 0.6) is 11.5 Å². The Hall–Kier alpha value is -3.26. The number of carbonyl (C=O) groups is 2. The molecular weight excluding hydrogens is 464 g/mol. The fourth-order valence-corrected chi connectivity index (χ4v) is 5.48. The molecule has 0 unspecified atom stereocenters. The number of thioether (sulfide) groups is 1. The van der Waals surface area contributed by atoms with Crippen molar-refractivity contribution in [3.8, 4) is 11.5 Å². The van der Waals surface area contributed by atoms with Crippen LogP contribution in [0.25, 0.3) is 6.08 Å². The van der Waals surface area contributed by atoms with Crippen LogP contribution in [-0.2, 0) is 16.0 Å². The molecule has 2 fully saturated rings. The number of rotatable bonds is 8. The van der Waals surface area contributed by atoms with Crippen LogP contribution in [0.3, 0.4) is 0 Å². The van der Waals surface area contributed by atoms with E-state index in [9.17, 15) is 9.59 Å².